The topological polar surface area (TPSA) is 34.2 Å². The molecule has 0 saturated heterocycles. The first-order valence-corrected chi connectivity index (χ1v) is 7.99. The predicted molar refractivity (Wildman–Crippen MR) is 84.6 cm³/mol. The van der Waals surface area contributed by atoms with Gasteiger partial charge in [0.1, 0.15) is 5.75 Å². The summed E-state index contributed by atoms with van der Waals surface area (Å²) >= 11 is 1.79. The van der Waals surface area contributed by atoms with Crippen LogP contribution >= 0.6 is 11.3 Å². The Labute approximate surface area is 125 Å². The molecule has 1 unspecified atom stereocenters. The first kappa shape index (κ1) is 15.0. The quantitative estimate of drug-likeness (QED) is 0.838. The second-order valence-corrected chi connectivity index (χ2v) is 5.69. The molecule has 2 heterocycles. The van der Waals surface area contributed by atoms with Crippen LogP contribution in [0, 0.1) is 6.92 Å². The summed E-state index contributed by atoms with van der Waals surface area (Å²) in [7, 11) is 0. The van der Waals surface area contributed by atoms with Crippen molar-refractivity contribution in [3.05, 3.63) is 45.9 Å². The van der Waals surface area contributed by atoms with Crippen LogP contribution in [0.25, 0.3) is 0 Å². The van der Waals surface area contributed by atoms with Gasteiger partial charge < -0.3 is 10.1 Å². The van der Waals surface area contributed by atoms with Gasteiger partial charge in [-0.05, 0) is 55.5 Å². The lowest BCUT2D eigenvalue weighted by molar-refractivity contribution is 0.338. The second kappa shape index (κ2) is 7.41. The monoisotopic (exact) mass is 290 g/mol. The van der Waals surface area contributed by atoms with Crippen molar-refractivity contribution in [3.8, 4) is 5.75 Å². The van der Waals surface area contributed by atoms with Crippen LogP contribution in [0.5, 0.6) is 5.75 Å². The Morgan fingerprint density at radius 1 is 1.35 bits per heavy atom. The summed E-state index contributed by atoms with van der Waals surface area (Å²) in [5, 5.41) is 5.76. The highest BCUT2D eigenvalue weighted by Gasteiger charge is 2.17. The molecule has 2 aromatic heterocycles. The third kappa shape index (κ3) is 3.58. The van der Waals surface area contributed by atoms with Gasteiger partial charge in [-0.25, -0.2) is 0 Å². The largest absolute Gasteiger partial charge is 0.492 e. The van der Waals surface area contributed by atoms with Gasteiger partial charge >= 0.3 is 0 Å². The van der Waals surface area contributed by atoms with E-state index >= 15 is 0 Å². The summed E-state index contributed by atoms with van der Waals surface area (Å²) in [6.45, 7) is 7.98. The van der Waals surface area contributed by atoms with Crippen LogP contribution in [-0.2, 0) is 0 Å². The van der Waals surface area contributed by atoms with E-state index in [0.717, 1.165) is 24.3 Å². The summed E-state index contributed by atoms with van der Waals surface area (Å²) in [6, 6.07) is 4.45. The molecule has 20 heavy (non-hydrogen) atoms. The van der Waals surface area contributed by atoms with Crippen LogP contribution in [0.2, 0.25) is 0 Å². The molecule has 0 aliphatic heterocycles. The van der Waals surface area contributed by atoms with Crippen LogP contribution in [0.4, 0.5) is 0 Å². The molecule has 2 rings (SSSR count). The van der Waals surface area contributed by atoms with Crippen LogP contribution in [0.3, 0.4) is 0 Å². The Kier molecular flexibility index (Phi) is 5.56. The van der Waals surface area contributed by atoms with Crippen molar-refractivity contribution in [3.63, 3.8) is 0 Å². The van der Waals surface area contributed by atoms with Crippen LogP contribution in [0.15, 0.2) is 29.9 Å². The fourth-order valence-electron chi connectivity index (χ4n) is 2.17. The highest BCUT2D eigenvalue weighted by Crippen LogP contribution is 2.30. The van der Waals surface area contributed by atoms with Crippen LogP contribution in [-0.4, -0.2) is 18.1 Å². The van der Waals surface area contributed by atoms with E-state index in [4.69, 9.17) is 4.74 Å². The van der Waals surface area contributed by atoms with Crippen molar-refractivity contribution in [1.29, 1.82) is 0 Å². The van der Waals surface area contributed by atoms with Crippen LogP contribution < -0.4 is 10.1 Å². The number of pyridine rings is 1. The first-order valence-electron chi connectivity index (χ1n) is 7.11. The van der Waals surface area contributed by atoms with Gasteiger partial charge in [-0.3, -0.25) is 4.98 Å². The Bertz CT molecular complexity index is 539. The van der Waals surface area contributed by atoms with E-state index in [1.165, 1.54) is 10.4 Å². The van der Waals surface area contributed by atoms with E-state index < -0.39 is 0 Å². The number of hydrogen-bond donors (Lipinski definition) is 1. The molecule has 0 amide bonds. The van der Waals surface area contributed by atoms with E-state index in [9.17, 15) is 0 Å². The van der Waals surface area contributed by atoms with Gasteiger partial charge in [-0.2, -0.15) is 0 Å². The molecular weight excluding hydrogens is 268 g/mol. The van der Waals surface area contributed by atoms with E-state index in [0.29, 0.717) is 6.61 Å². The molecule has 0 radical (unpaired) electrons. The average Bonchev–Trinajstić information content (AvgIpc) is 2.87. The zero-order chi connectivity index (χ0) is 14.4. The molecule has 0 fully saturated rings. The maximum absolute atomic E-state index is 5.56. The molecule has 108 valence electrons. The fourth-order valence-corrected chi connectivity index (χ4v) is 3.20. The maximum atomic E-state index is 5.56. The Morgan fingerprint density at radius 3 is 2.85 bits per heavy atom. The lowest BCUT2D eigenvalue weighted by atomic mass is 10.0. The van der Waals surface area contributed by atoms with Gasteiger partial charge in [-0.15, -0.1) is 11.3 Å². The van der Waals surface area contributed by atoms with Gasteiger partial charge in [-0.1, -0.05) is 6.92 Å². The summed E-state index contributed by atoms with van der Waals surface area (Å²) < 4.78 is 5.56. The number of nitrogens with one attached hydrogen (secondary N) is 1. The van der Waals surface area contributed by atoms with Crippen LogP contribution in [0.1, 0.15) is 42.3 Å². The average molecular weight is 290 g/mol. The van der Waals surface area contributed by atoms with Gasteiger partial charge in [0.15, 0.2) is 0 Å². The summed E-state index contributed by atoms with van der Waals surface area (Å²) in [4.78, 5) is 5.67. The zero-order valence-electron chi connectivity index (χ0n) is 12.3. The van der Waals surface area contributed by atoms with Crippen molar-refractivity contribution >= 4 is 11.3 Å². The molecule has 3 nitrogen and oxygen atoms in total. The highest BCUT2D eigenvalue weighted by atomic mass is 32.1. The minimum atomic E-state index is 0.197. The number of aryl methyl sites for hydroxylation is 1. The number of thiophene rings is 1. The van der Waals surface area contributed by atoms with Gasteiger partial charge in [0.25, 0.3) is 0 Å². The Morgan fingerprint density at radius 2 is 2.20 bits per heavy atom. The summed E-state index contributed by atoms with van der Waals surface area (Å²) in [6.07, 6.45) is 4.81. The Hall–Kier alpha value is -1.39. The molecule has 0 aliphatic rings. The predicted octanol–water partition coefficient (Wildman–Crippen LogP) is 3.94. The third-order valence-electron chi connectivity index (χ3n) is 3.14. The summed E-state index contributed by atoms with van der Waals surface area (Å²) in [5.41, 5.74) is 2.49. The number of hydrogen-bond acceptors (Lipinski definition) is 4. The smallest absolute Gasteiger partial charge is 0.137 e. The van der Waals surface area contributed by atoms with Crippen molar-refractivity contribution in [1.82, 2.24) is 10.3 Å². The number of rotatable bonds is 7. The molecule has 0 aliphatic carbocycles. The lowest BCUT2D eigenvalue weighted by Gasteiger charge is -2.19. The molecule has 4 heteroatoms. The SMILES string of the molecule is CCCNC(c1cncc(OCC)c1)c1sccc1C. The minimum absolute atomic E-state index is 0.197. The van der Waals surface area contributed by atoms with Crippen molar-refractivity contribution in [2.75, 3.05) is 13.2 Å². The molecular formula is C16H22N2OS. The lowest BCUT2D eigenvalue weighted by Crippen LogP contribution is -2.23. The van der Waals surface area contributed by atoms with E-state index in [1.807, 2.05) is 13.1 Å². The normalized spacial score (nSPS) is 12.3. The molecule has 0 bridgehead atoms. The van der Waals surface area contributed by atoms with Gasteiger partial charge in [0, 0.05) is 11.1 Å². The minimum Gasteiger partial charge on any atom is -0.492 e. The molecule has 1 N–H and O–H groups in total. The first-order chi connectivity index (χ1) is 9.76. The molecule has 2 aromatic rings. The van der Waals surface area contributed by atoms with Gasteiger partial charge in [0.05, 0.1) is 18.8 Å². The maximum Gasteiger partial charge on any atom is 0.137 e. The van der Waals surface area contributed by atoms with Crippen molar-refractivity contribution in [2.24, 2.45) is 0 Å². The Balaban J connectivity index is 2.31. The standard InChI is InChI=1S/C16H22N2OS/c1-4-7-18-15(16-12(3)6-8-20-16)13-9-14(19-5-2)11-17-10-13/h6,8-11,15,18H,4-5,7H2,1-3H3. The second-order valence-electron chi connectivity index (χ2n) is 4.74. The summed E-state index contributed by atoms with van der Waals surface area (Å²) in [5.74, 6) is 0.836. The molecule has 1 atom stereocenters. The van der Waals surface area contributed by atoms with E-state index in [2.05, 4.69) is 41.7 Å². The number of ether oxygens (including phenoxy) is 1. The van der Waals surface area contributed by atoms with E-state index in [-0.39, 0.29) is 6.04 Å². The van der Waals surface area contributed by atoms with Crippen molar-refractivity contribution in [2.45, 2.75) is 33.2 Å². The molecule has 0 spiro atoms. The van der Waals surface area contributed by atoms with Crippen molar-refractivity contribution < 1.29 is 4.74 Å². The number of aromatic nitrogens is 1. The van der Waals surface area contributed by atoms with Gasteiger partial charge in [0.2, 0.25) is 0 Å². The fraction of sp³-hybridized carbons (Fsp3) is 0.438. The molecule has 0 aromatic carbocycles. The molecule has 0 saturated carbocycles. The number of nitrogens with zero attached hydrogens (tertiary/aromatic N) is 1. The third-order valence-corrected chi connectivity index (χ3v) is 4.22. The highest BCUT2D eigenvalue weighted by molar-refractivity contribution is 7.10. The zero-order valence-corrected chi connectivity index (χ0v) is 13.2. The van der Waals surface area contributed by atoms with E-state index in [1.54, 1.807) is 17.5 Å².